The minimum absolute atomic E-state index is 0.146. The van der Waals surface area contributed by atoms with Gasteiger partial charge in [-0.15, -0.1) is 0 Å². The lowest BCUT2D eigenvalue weighted by Crippen LogP contribution is -2.49. The van der Waals surface area contributed by atoms with Gasteiger partial charge in [-0.05, 0) is 44.5 Å². The second kappa shape index (κ2) is 5.29. The highest BCUT2D eigenvalue weighted by Gasteiger charge is 2.40. The van der Waals surface area contributed by atoms with Crippen LogP contribution in [0.4, 0.5) is 0 Å². The fourth-order valence-electron chi connectivity index (χ4n) is 2.52. The van der Waals surface area contributed by atoms with Gasteiger partial charge in [0.2, 0.25) is 0 Å². The Kier molecular flexibility index (Phi) is 3.93. The third-order valence-electron chi connectivity index (χ3n) is 4.04. The maximum atomic E-state index is 11.1. The van der Waals surface area contributed by atoms with Crippen LogP contribution in [-0.2, 0) is 4.79 Å². The van der Waals surface area contributed by atoms with Crippen molar-refractivity contribution in [2.24, 2.45) is 5.92 Å². The summed E-state index contributed by atoms with van der Waals surface area (Å²) < 4.78 is 0. The molecule has 3 unspecified atom stereocenters. The maximum Gasteiger partial charge on any atom is 0.308 e. The topological polar surface area (TPSA) is 40.5 Å². The first-order valence-corrected chi connectivity index (χ1v) is 6.58. The molecule has 0 spiro atoms. The first-order chi connectivity index (χ1) is 8.50. The Hall–Kier alpha value is -1.06. The van der Waals surface area contributed by atoms with Crippen molar-refractivity contribution in [2.75, 3.05) is 7.05 Å². The first-order valence-electron chi connectivity index (χ1n) is 6.21. The number of carboxylic acid groups (broad SMARTS) is 1. The van der Waals surface area contributed by atoms with Gasteiger partial charge in [0, 0.05) is 17.1 Å². The summed E-state index contributed by atoms with van der Waals surface area (Å²) in [4.78, 5) is 13.2. The zero-order valence-corrected chi connectivity index (χ0v) is 11.4. The van der Waals surface area contributed by atoms with Crippen LogP contribution in [-0.4, -0.2) is 29.1 Å². The number of benzene rings is 1. The van der Waals surface area contributed by atoms with Crippen molar-refractivity contribution in [1.29, 1.82) is 0 Å². The van der Waals surface area contributed by atoms with Gasteiger partial charge in [-0.1, -0.05) is 23.7 Å². The molecular formula is C14H18ClNO2. The third kappa shape index (κ3) is 2.52. The molecule has 18 heavy (non-hydrogen) atoms. The van der Waals surface area contributed by atoms with Crippen LogP contribution in [0.2, 0.25) is 5.02 Å². The van der Waals surface area contributed by atoms with Crippen LogP contribution in [0.15, 0.2) is 24.3 Å². The molecule has 0 radical (unpaired) electrons. The molecule has 1 aromatic rings. The zero-order chi connectivity index (χ0) is 13.3. The summed E-state index contributed by atoms with van der Waals surface area (Å²) in [6, 6.07) is 8.09. The van der Waals surface area contributed by atoms with Crippen LogP contribution in [0, 0.1) is 5.92 Å². The standard InChI is InChI=1S/C14H18ClNO2/c1-9(10-3-5-11(15)6-4-10)16(2)13-8-7-12(13)14(17)18/h3-6,9,12-13H,7-8H2,1-2H3,(H,17,18). The van der Waals surface area contributed by atoms with Crippen LogP contribution in [0.3, 0.4) is 0 Å². The Labute approximate surface area is 112 Å². The number of nitrogens with zero attached hydrogens (tertiary/aromatic N) is 1. The van der Waals surface area contributed by atoms with E-state index in [9.17, 15) is 4.79 Å². The van der Waals surface area contributed by atoms with E-state index in [1.807, 2.05) is 31.3 Å². The number of hydrogen-bond donors (Lipinski definition) is 1. The van der Waals surface area contributed by atoms with Gasteiger partial charge in [-0.25, -0.2) is 0 Å². The Morgan fingerprint density at radius 2 is 2.00 bits per heavy atom. The van der Waals surface area contributed by atoms with E-state index in [-0.39, 0.29) is 18.0 Å². The van der Waals surface area contributed by atoms with Crippen LogP contribution >= 0.6 is 11.6 Å². The molecule has 2 rings (SSSR count). The number of aliphatic carboxylic acids is 1. The highest BCUT2D eigenvalue weighted by molar-refractivity contribution is 6.30. The third-order valence-corrected chi connectivity index (χ3v) is 4.29. The summed E-state index contributed by atoms with van der Waals surface area (Å²) in [7, 11) is 2.00. The van der Waals surface area contributed by atoms with Gasteiger partial charge in [0.15, 0.2) is 0 Å². The van der Waals surface area contributed by atoms with E-state index in [0.717, 1.165) is 23.4 Å². The van der Waals surface area contributed by atoms with E-state index < -0.39 is 5.97 Å². The molecule has 0 heterocycles. The van der Waals surface area contributed by atoms with Crippen molar-refractivity contribution >= 4 is 17.6 Å². The zero-order valence-electron chi connectivity index (χ0n) is 10.6. The van der Waals surface area contributed by atoms with Gasteiger partial charge in [-0.2, -0.15) is 0 Å². The van der Waals surface area contributed by atoms with Crippen LogP contribution in [0.5, 0.6) is 0 Å². The van der Waals surface area contributed by atoms with Crippen molar-refractivity contribution < 1.29 is 9.90 Å². The Morgan fingerprint density at radius 3 is 2.44 bits per heavy atom. The lowest BCUT2D eigenvalue weighted by Gasteiger charge is -2.43. The molecule has 98 valence electrons. The van der Waals surface area contributed by atoms with Crippen molar-refractivity contribution in [1.82, 2.24) is 4.90 Å². The number of halogens is 1. The molecule has 1 aliphatic rings. The van der Waals surface area contributed by atoms with Crippen LogP contribution in [0.25, 0.3) is 0 Å². The van der Waals surface area contributed by atoms with E-state index >= 15 is 0 Å². The summed E-state index contributed by atoms with van der Waals surface area (Å²) in [5.74, 6) is -0.897. The molecule has 3 nitrogen and oxygen atoms in total. The quantitative estimate of drug-likeness (QED) is 0.911. The second-order valence-corrected chi connectivity index (χ2v) is 5.42. The molecule has 3 atom stereocenters. The molecule has 1 fully saturated rings. The fraction of sp³-hybridized carbons (Fsp3) is 0.500. The number of carboxylic acids is 1. The molecule has 0 aromatic heterocycles. The van der Waals surface area contributed by atoms with E-state index in [1.54, 1.807) is 0 Å². The predicted octanol–water partition coefficient (Wildman–Crippen LogP) is 3.20. The van der Waals surface area contributed by atoms with Gasteiger partial charge in [0.05, 0.1) is 5.92 Å². The SMILES string of the molecule is CC(c1ccc(Cl)cc1)N(C)C1CCC1C(=O)O. The number of carbonyl (C=O) groups is 1. The highest BCUT2D eigenvalue weighted by Crippen LogP contribution is 2.36. The monoisotopic (exact) mass is 267 g/mol. The van der Waals surface area contributed by atoms with Crippen LogP contribution < -0.4 is 0 Å². The average molecular weight is 268 g/mol. The molecule has 1 saturated carbocycles. The summed E-state index contributed by atoms with van der Waals surface area (Å²) in [6.45, 7) is 2.10. The molecule has 0 bridgehead atoms. The van der Waals surface area contributed by atoms with E-state index in [4.69, 9.17) is 16.7 Å². The summed E-state index contributed by atoms with van der Waals surface area (Å²) in [5, 5.41) is 9.82. The summed E-state index contributed by atoms with van der Waals surface area (Å²) in [6.07, 6.45) is 1.75. The van der Waals surface area contributed by atoms with Crippen molar-refractivity contribution in [3.63, 3.8) is 0 Å². The van der Waals surface area contributed by atoms with Crippen LogP contribution in [0.1, 0.15) is 31.4 Å². The normalized spacial score (nSPS) is 24.7. The van der Waals surface area contributed by atoms with Crippen molar-refractivity contribution in [3.05, 3.63) is 34.9 Å². The molecule has 4 heteroatoms. The summed E-state index contributed by atoms with van der Waals surface area (Å²) in [5.41, 5.74) is 1.16. The van der Waals surface area contributed by atoms with E-state index in [2.05, 4.69) is 11.8 Å². The predicted molar refractivity (Wildman–Crippen MR) is 71.8 cm³/mol. The minimum Gasteiger partial charge on any atom is -0.481 e. The maximum absolute atomic E-state index is 11.1. The van der Waals surface area contributed by atoms with Gasteiger partial charge in [0.1, 0.15) is 0 Å². The average Bonchev–Trinajstić information content (AvgIpc) is 2.26. The largest absolute Gasteiger partial charge is 0.481 e. The lowest BCUT2D eigenvalue weighted by atomic mass is 9.78. The smallest absolute Gasteiger partial charge is 0.308 e. The minimum atomic E-state index is -0.679. The van der Waals surface area contributed by atoms with E-state index in [1.165, 1.54) is 0 Å². The van der Waals surface area contributed by atoms with Gasteiger partial charge in [0.25, 0.3) is 0 Å². The molecule has 1 aromatic carbocycles. The lowest BCUT2D eigenvalue weighted by molar-refractivity contribution is -0.149. The molecule has 0 amide bonds. The molecule has 0 saturated heterocycles. The Morgan fingerprint density at radius 1 is 1.39 bits per heavy atom. The van der Waals surface area contributed by atoms with Gasteiger partial charge in [-0.3, -0.25) is 9.69 Å². The Bertz CT molecular complexity index is 432. The second-order valence-electron chi connectivity index (χ2n) is 4.98. The summed E-state index contributed by atoms with van der Waals surface area (Å²) >= 11 is 5.87. The van der Waals surface area contributed by atoms with Crippen molar-refractivity contribution in [2.45, 2.75) is 31.8 Å². The van der Waals surface area contributed by atoms with E-state index in [0.29, 0.717) is 0 Å². The van der Waals surface area contributed by atoms with Crippen molar-refractivity contribution in [3.8, 4) is 0 Å². The van der Waals surface area contributed by atoms with Gasteiger partial charge >= 0.3 is 5.97 Å². The number of rotatable bonds is 4. The highest BCUT2D eigenvalue weighted by atomic mass is 35.5. The fourth-order valence-corrected chi connectivity index (χ4v) is 2.65. The Balaban J connectivity index is 2.07. The first kappa shape index (κ1) is 13.4. The molecular weight excluding hydrogens is 250 g/mol. The molecule has 1 N–H and O–H groups in total. The number of hydrogen-bond acceptors (Lipinski definition) is 2. The van der Waals surface area contributed by atoms with Gasteiger partial charge < -0.3 is 5.11 Å². The molecule has 1 aliphatic carbocycles. The molecule has 0 aliphatic heterocycles.